The van der Waals surface area contributed by atoms with Crippen LogP contribution in [0.15, 0.2) is 0 Å². The molecule has 0 aromatic carbocycles. The number of likely N-dealkylation sites (tertiary alicyclic amines) is 2. The zero-order valence-corrected chi connectivity index (χ0v) is 13.6. The van der Waals surface area contributed by atoms with Gasteiger partial charge in [0.25, 0.3) is 0 Å². The van der Waals surface area contributed by atoms with E-state index in [1.54, 1.807) is 0 Å². The molecule has 0 saturated carbocycles. The number of nitrogens with one attached hydrogen (secondary N) is 1. The topological polar surface area (TPSA) is 27.7 Å². The third kappa shape index (κ3) is 2.88. The van der Waals surface area contributed by atoms with E-state index in [2.05, 4.69) is 22.2 Å². The first-order chi connectivity index (χ1) is 10.2. The Labute approximate surface area is 129 Å². The van der Waals surface area contributed by atoms with Crippen LogP contribution in [0.5, 0.6) is 0 Å². The lowest BCUT2D eigenvalue weighted by Crippen LogP contribution is -2.61. The standard InChI is InChI=1S/C17H31N3O/c1-19-8-4-16(5-9-19)10-15(21-14-16)11-20-12-17(13-20)2-6-18-7-3-17/h15,18H,2-14H2,1H3. The quantitative estimate of drug-likeness (QED) is 0.827. The van der Waals surface area contributed by atoms with Crippen LogP contribution in [0.3, 0.4) is 0 Å². The fourth-order valence-corrected chi connectivity index (χ4v) is 5.05. The highest BCUT2D eigenvalue weighted by Crippen LogP contribution is 2.44. The molecule has 1 unspecified atom stereocenters. The summed E-state index contributed by atoms with van der Waals surface area (Å²) >= 11 is 0. The Hall–Kier alpha value is -0.160. The molecule has 21 heavy (non-hydrogen) atoms. The summed E-state index contributed by atoms with van der Waals surface area (Å²) < 4.78 is 6.19. The van der Waals surface area contributed by atoms with Crippen molar-refractivity contribution in [2.45, 2.75) is 38.2 Å². The molecule has 0 amide bonds. The van der Waals surface area contributed by atoms with E-state index in [9.17, 15) is 0 Å². The lowest BCUT2D eigenvalue weighted by Gasteiger charge is -2.53. The SMILES string of the molecule is CN1CCC2(CC1)COC(CN1CC3(CCNCC3)C1)C2. The zero-order valence-electron chi connectivity index (χ0n) is 13.6. The van der Waals surface area contributed by atoms with Crippen LogP contribution in [-0.4, -0.2) is 75.4 Å². The van der Waals surface area contributed by atoms with Crippen molar-refractivity contribution in [3.63, 3.8) is 0 Å². The number of nitrogens with zero attached hydrogens (tertiary/aromatic N) is 2. The maximum Gasteiger partial charge on any atom is 0.0708 e. The second-order valence-electron chi connectivity index (χ2n) is 8.36. The first-order valence-electron chi connectivity index (χ1n) is 8.90. The van der Waals surface area contributed by atoms with Crippen molar-refractivity contribution in [1.29, 1.82) is 0 Å². The summed E-state index contributed by atoms with van der Waals surface area (Å²) in [6.45, 7) is 9.83. The molecule has 120 valence electrons. The Morgan fingerprint density at radius 3 is 2.48 bits per heavy atom. The first-order valence-corrected chi connectivity index (χ1v) is 8.90. The van der Waals surface area contributed by atoms with Gasteiger partial charge in [0.2, 0.25) is 0 Å². The van der Waals surface area contributed by atoms with Gasteiger partial charge >= 0.3 is 0 Å². The van der Waals surface area contributed by atoms with Crippen LogP contribution >= 0.6 is 0 Å². The molecule has 4 saturated heterocycles. The molecule has 0 aromatic rings. The molecule has 4 heteroatoms. The van der Waals surface area contributed by atoms with E-state index < -0.39 is 0 Å². The molecule has 4 rings (SSSR count). The maximum atomic E-state index is 6.19. The molecule has 4 nitrogen and oxygen atoms in total. The van der Waals surface area contributed by atoms with Crippen molar-refractivity contribution in [2.75, 3.05) is 59.5 Å². The molecular formula is C17H31N3O. The Morgan fingerprint density at radius 1 is 1.05 bits per heavy atom. The van der Waals surface area contributed by atoms with Gasteiger partial charge in [-0.2, -0.15) is 0 Å². The van der Waals surface area contributed by atoms with Crippen molar-refractivity contribution in [1.82, 2.24) is 15.1 Å². The van der Waals surface area contributed by atoms with Gasteiger partial charge in [-0.15, -0.1) is 0 Å². The Bertz CT molecular complexity index is 364. The van der Waals surface area contributed by atoms with Gasteiger partial charge in [0.1, 0.15) is 0 Å². The average Bonchev–Trinajstić information content (AvgIpc) is 2.85. The molecule has 4 fully saturated rings. The molecule has 0 radical (unpaired) electrons. The summed E-state index contributed by atoms with van der Waals surface area (Å²) in [5.41, 5.74) is 1.18. The summed E-state index contributed by atoms with van der Waals surface area (Å²) in [7, 11) is 2.25. The highest BCUT2D eigenvalue weighted by molar-refractivity contribution is 5.00. The van der Waals surface area contributed by atoms with Crippen molar-refractivity contribution >= 4 is 0 Å². The molecule has 1 atom stereocenters. The smallest absolute Gasteiger partial charge is 0.0708 e. The van der Waals surface area contributed by atoms with Crippen LogP contribution in [-0.2, 0) is 4.74 Å². The van der Waals surface area contributed by atoms with Crippen LogP contribution in [0.25, 0.3) is 0 Å². The van der Waals surface area contributed by atoms with Crippen LogP contribution in [0, 0.1) is 10.8 Å². The van der Waals surface area contributed by atoms with Gasteiger partial charge in [0.05, 0.1) is 12.7 Å². The van der Waals surface area contributed by atoms with Crippen LogP contribution in [0.4, 0.5) is 0 Å². The number of piperidine rings is 2. The second kappa shape index (κ2) is 5.48. The summed E-state index contributed by atoms with van der Waals surface area (Å²) in [6.07, 6.45) is 7.26. The Morgan fingerprint density at radius 2 is 1.76 bits per heavy atom. The third-order valence-electron chi connectivity index (χ3n) is 6.58. The second-order valence-corrected chi connectivity index (χ2v) is 8.36. The van der Waals surface area contributed by atoms with Gasteiger partial charge in [-0.1, -0.05) is 0 Å². The molecular weight excluding hydrogens is 262 g/mol. The molecule has 2 spiro atoms. The minimum absolute atomic E-state index is 0.507. The lowest BCUT2D eigenvalue weighted by atomic mass is 9.72. The fourth-order valence-electron chi connectivity index (χ4n) is 5.05. The Kier molecular flexibility index (Phi) is 3.77. The van der Waals surface area contributed by atoms with Crippen LogP contribution in [0.2, 0.25) is 0 Å². The van der Waals surface area contributed by atoms with Crippen LogP contribution in [0.1, 0.15) is 32.1 Å². The predicted octanol–water partition coefficient (Wildman–Crippen LogP) is 1.17. The van der Waals surface area contributed by atoms with E-state index in [-0.39, 0.29) is 0 Å². The molecule has 1 N–H and O–H groups in total. The van der Waals surface area contributed by atoms with Gasteiger partial charge in [0.15, 0.2) is 0 Å². The number of rotatable bonds is 2. The van der Waals surface area contributed by atoms with E-state index in [1.165, 1.54) is 77.9 Å². The average molecular weight is 293 g/mol. The van der Waals surface area contributed by atoms with Gasteiger partial charge in [0, 0.05) is 19.6 Å². The minimum Gasteiger partial charge on any atom is -0.376 e. The summed E-state index contributed by atoms with van der Waals surface area (Å²) in [4.78, 5) is 5.12. The first kappa shape index (κ1) is 14.4. The monoisotopic (exact) mass is 293 g/mol. The Balaban J connectivity index is 1.24. The highest BCUT2D eigenvalue weighted by atomic mass is 16.5. The van der Waals surface area contributed by atoms with E-state index in [0.717, 1.165) is 6.61 Å². The normalized spacial score (nSPS) is 36.1. The molecule has 0 aliphatic carbocycles. The molecule has 0 bridgehead atoms. The van der Waals surface area contributed by atoms with E-state index in [1.807, 2.05) is 0 Å². The zero-order chi connectivity index (χ0) is 14.3. The lowest BCUT2D eigenvalue weighted by molar-refractivity contribution is -0.0494. The summed E-state index contributed by atoms with van der Waals surface area (Å²) in [5, 5.41) is 3.49. The van der Waals surface area contributed by atoms with Gasteiger partial charge in [-0.3, -0.25) is 4.90 Å². The van der Waals surface area contributed by atoms with E-state index >= 15 is 0 Å². The van der Waals surface area contributed by atoms with Crippen LogP contribution < -0.4 is 5.32 Å². The van der Waals surface area contributed by atoms with Crippen molar-refractivity contribution in [3.8, 4) is 0 Å². The maximum absolute atomic E-state index is 6.19. The largest absolute Gasteiger partial charge is 0.376 e. The van der Waals surface area contributed by atoms with Gasteiger partial charge in [-0.05, 0) is 76.2 Å². The van der Waals surface area contributed by atoms with Gasteiger partial charge in [-0.25, -0.2) is 0 Å². The van der Waals surface area contributed by atoms with E-state index in [4.69, 9.17) is 4.74 Å². The number of hydrogen-bond acceptors (Lipinski definition) is 4. The molecule has 4 aliphatic heterocycles. The highest BCUT2D eigenvalue weighted by Gasteiger charge is 2.46. The van der Waals surface area contributed by atoms with E-state index in [0.29, 0.717) is 16.9 Å². The van der Waals surface area contributed by atoms with Crippen molar-refractivity contribution in [3.05, 3.63) is 0 Å². The molecule has 4 aliphatic rings. The summed E-state index contributed by atoms with van der Waals surface area (Å²) in [6, 6.07) is 0. The number of ether oxygens (including phenoxy) is 1. The summed E-state index contributed by atoms with van der Waals surface area (Å²) in [5.74, 6) is 0. The molecule has 0 aromatic heterocycles. The van der Waals surface area contributed by atoms with Gasteiger partial charge < -0.3 is 15.0 Å². The minimum atomic E-state index is 0.507. The molecule has 4 heterocycles. The van der Waals surface area contributed by atoms with Crippen molar-refractivity contribution < 1.29 is 4.74 Å². The van der Waals surface area contributed by atoms with Crippen molar-refractivity contribution in [2.24, 2.45) is 10.8 Å². The predicted molar refractivity (Wildman–Crippen MR) is 84.5 cm³/mol. The number of hydrogen-bond donors (Lipinski definition) is 1. The third-order valence-corrected chi connectivity index (χ3v) is 6.58. The fraction of sp³-hybridized carbons (Fsp3) is 1.00.